The van der Waals surface area contributed by atoms with E-state index in [0.717, 1.165) is 47.8 Å². The van der Waals surface area contributed by atoms with E-state index in [-0.39, 0.29) is 35.7 Å². The summed E-state index contributed by atoms with van der Waals surface area (Å²) >= 11 is 1.50. The van der Waals surface area contributed by atoms with Gasteiger partial charge < -0.3 is 24.2 Å². The first-order valence-corrected chi connectivity index (χ1v) is 15.4. The van der Waals surface area contributed by atoms with Crippen LogP contribution in [0.15, 0.2) is 41.8 Å². The molecule has 12 heteroatoms. The summed E-state index contributed by atoms with van der Waals surface area (Å²) in [5, 5.41) is 12.4. The number of halogens is 3. The number of thiazole rings is 1. The van der Waals surface area contributed by atoms with Crippen LogP contribution in [-0.4, -0.2) is 66.7 Å². The Balaban J connectivity index is 1.19. The molecule has 0 radical (unpaired) electrons. The molecule has 2 bridgehead atoms. The Morgan fingerprint density at radius 1 is 1.09 bits per heavy atom. The molecule has 2 saturated heterocycles. The van der Waals surface area contributed by atoms with Gasteiger partial charge in [0.15, 0.2) is 5.13 Å². The van der Waals surface area contributed by atoms with Crippen LogP contribution in [0.3, 0.4) is 0 Å². The SMILES string of the molecule is Cc1ccc(OCc2ccc(CN3CCOCC3)cc2OC(F)(F)F)c(-c2csc(N3CC4CCC(C3)C4C(=O)O)n2)c1. The van der Waals surface area contributed by atoms with Gasteiger partial charge in [0.2, 0.25) is 0 Å². The average Bonchev–Trinajstić information content (AvgIpc) is 3.56. The molecule has 1 aromatic heterocycles. The number of nitrogens with zero attached hydrogens (tertiary/aromatic N) is 3. The van der Waals surface area contributed by atoms with Gasteiger partial charge in [0, 0.05) is 49.2 Å². The molecule has 2 atom stereocenters. The van der Waals surface area contributed by atoms with E-state index in [1.54, 1.807) is 18.2 Å². The number of hydrogen-bond acceptors (Lipinski definition) is 8. The van der Waals surface area contributed by atoms with E-state index in [4.69, 9.17) is 14.5 Å². The van der Waals surface area contributed by atoms with E-state index >= 15 is 0 Å². The number of carboxylic acids is 1. The van der Waals surface area contributed by atoms with Gasteiger partial charge in [-0.25, -0.2) is 4.98 Å². The molecular weight excluding hydrogens is 583 g/mol. The van der Waals surface area contributed by atoms with Crippen molar-refractivity contribution in [2.45, 2.75) is 39.3 Å². The maximum Gasteiger partial charge on any atom is 0.573 e. The Bertz CT molecular complexity index is 1440. The van der Waals surface area contributed by atoms with Crippen LogP contribution in [0.5, 0.6) is 11.5 Å². The summed E-state index contributed by atoms with van der Waals surface area (Å²) in [5.41, 5.74) is 3.44. The van der Waals surface area contributed by atoms with E-state index in [0.29, 0.717) is 44.3 Å². The molecule has 6 rings (SSSR count). The molecule has 2 aromatic carbocycles. The van der Waals surface area contributed by atoms with Gasteiger partial charge in [-0.3, -0.25) is 9.69 Å². The number of anilines is 1. The van der Waals surface area contributed by atoms with Gasteiger partial charge in [0.05, 0.1) is 24.8 Å². The zero-order valence-corrected chi connectivity index (χ0v) is 24.6. The number of aryl methyl sites for hydroxylation is 1. The van der Waals surface area contributed by atoms with Gasteiger partial charge in [-0.2, -0.15) is 0 Å². The van der Waals surface area contributed by atoms with Gasteiger partial charge in [0.25, 0.3) is 0 Å². The summed E-state index contributed by atoms with van der Waals surface area (Å²) < 4.78 is 55.9. The van der Waals surface area contributed by atoms with Crippen molar-refractivity contribution >= 4 is 22.4 Å². The number of alkyl halides is 3. The van der Waals surface area contributed by atoms with Crippen LogP contribution in [0.4, 0.5) is 18.3 Å². The fourth-order valence-electron chi connectivity index (χ4n) is 6.49. The first-order chi connectivity index (χ1) is 20.6. The highest BCUT2D eigenvalue weighted by Gasteiger charge is 2.46. The number of fused-ring (bicyclic) bond motifs is 2. The summed E-state index contributed by atoms with van der Waals surface area (Å²) in [5.74, 6) is -0.523. The molecule has 0 amide bonds. The summed E-state index contributed by atoms with van der Waals surface area (Å²) in [6, 6.07) is 10.5. The molecule has 1 aliphatic carbocycles. The van der Waals surface area contributed by atoms with Crippen LogP contribution in [0, 0.1) is 24.7 Å². The largest absolute Gasteiger partial charge is 0.573 e. The molecule has 2 unspecified atom stereocenters. The number of piperidine rings is 1. The second-order valence-electron chi connectivity index (χ2n) is 11.5. The predicted octanol–water partition coefficient (Wildman–Crippen LogP) is 5.98. The number of rotatable bonds is 9. The molecule has 3 aliphatic rings. The van der Waals surface area contributed by atoms with Gasteiger partial charge >= 0.3 is 12.3 Å². The highest BCUT2D eigenvalue weighted by atomic mass is 32.1. The zero-order chi connectivity index (χ0) is 30.1. The van der Waals surface area contributed by atoms with Crippen LogP contribution in [0.1, 0.15) is 29.5 Å². The molecular formula is C31H34F3N3O5S. The third-order valence-corrected chi connectivity index (χ3v) is 9.44. The lowest BCUT2D eigenvalue weighted by Gasteiger charge is -2.35. The minimum Gasteiger partial charge on any atom is -0.488 e. The lowest BCUT2D eigenvalue weighted by atomic mass is 9.85. The van der Waals surface area contributed by atoms with Crippen LogP contribution in [-0.2, 0) is 22.7 Å². The number of ether oxygens (including phenoxy) is 3. The molecule has 0 spiro atoms. The number of morpholine rings is 1. The van der Waals surface area contributed by atoms with Crippen molar-refractivity contribution in [2.75, 3.05) is 44.3 Å². The van der Waals surface area contributed by atoms with E-state index in [1.807, 2.05) is 24.4 Å². The van der Waals surface area contributed by atoms with E-state index in [2.05, 4.69) is 14.5 Å². The Hall–Kier alpha value is -3.35. The second kappa shape index (κ2) is 12.3. The highest BCUT2D eigenvalue weighted by molar-refractivity contribution is 7.14. The molecule has 43 heavy (non-hydrogen) atoms. The van der Waals surface area contributed by atoms with Gasteiger partial charge in [-0.05, 0) is 55.4 Å². The molecule has 230 valence electrons. The Morgan fingerprint density at radius 2 is 1.84 bits per heavy atom. The first kappa shape index (κ1) is 29.7. The van der Waals surface area contributed by atoms with E-state index in [1.165, 1.54) is 17.4 Å². The summed E-state index contributed by atoms with van der Waals surface area (Å²) in [7, 11) is 0. The lowest BCUT2D eigenvalue weighted by Crippen LogP contribution is -2.44. The lowest BCUT2D eigenvalue weighted by molar-refractivity contribution is -0.275. The van der Waals surface area contributed by atoms with Crippen LogP contribution in [0.2, 0.25) is 0 Å². The van der Waals surface area contributed by atoms with E-state index < -0.39 is 12.3 Å². The Morgan fingerprint density at radius 3 is 2.53 bits per heavy atom. The number of aliphatic carboxylic acids is 1. The van der Waals surface area contributed by atoms with Crippen LogP contribution >= 0.6 is 11.3 Å². The zero-order valence-electron chi connectivity index (χ0n) is 23.8. The average molecular weight is 618 g/mol. The molecule has 3 heterocycles. The summed E-state index contributed by atoms with van der Waals surface area (Å²) in [6.07, 6.45) is -3.00. The number of carboxylic acid groups (broad SMARTS) is 1. The van der Waals surface area contributed by atoms with Crippen LogP contribution < -0.4 is 14.4 Å². The van der Waals surface area contributed by atoms with E-state index in [9.17, 15) is 23.1 Å². The highest BCUT2D eigenvalue weighted by Crippen LogP contribution is 2.44. The van der Waals surface area contributed by atoms with Crippen molar-refractivity contribution in [1.29, 1.82) is 0 Å². The van der Waals surface area contributed by atoms with Crippen molar-refractivity contribution in [1.82, 2.24) is 9.88 Å². The topological polar surface area (TPSA) is 84.4 Å². The normalized spacial score (nSPS) is 22.5. The van der Waals surface area contributed by atoms with Gasteiger partial charge in [0.1, 0.15) is 18.1 Å². The Labute approximate surface area is 252 Å². The number of hydrogen-bond donors (Lipinski definition) is 1. The minimum atomic E-state index is -4.84. The Kier molecular flexibility index (Phi) is 8.52. The molecule has 8 nitrogen and oxygen atoms in total. The summed E-state index contributed by atoms with van der Waals surface area (Å²) in [4.78, 5) is 21.0. The van der Waals surface area contributed by atoms with Crippen molar-refractivity contribution < 1.29 is 37.3 Å². The van der Waals surface area contributed by atoms with Crippen molar-refractivity contribution in [3.05, 3.63) is 58.5 Å². The van der Waals surface area contributed by atoms with Gasteiger partial charge in [-0.1, -0.05) is 23.8 Å². The number of benzene rings is 2. The molecule has 3 aromatic rings. The maximum absolute atomic E-state index is 13.3. The summed E-state index contributed by atoms with van der Waals surface area (Å²) in [6.45, 7) is 6.31. The van der Waals surface area contributed by atoms with Gasteiger partial charge in [-0.15, -0.1) is 24.5 Å². The predicted molar refractivity (Wildman–Crippen MR) is 155 cm³/mol. The van der Waals surface area contributed by atoms with Crippen molar-refractivity contribution in [2.24, 2.45) is 17.8 Å². The minimum absolute atomic E-state index is 0.120. The fourth-order valence-corrected chi connectivity index (χ4v) is 7.34. The van der Waals surface area contributed by atoms with Crippen molar-refractivity contribution in [3.63, 3.8) is 0 Å². The monoisotopic (exact) mass is 617 g/mol. The van der Waals surface area contributed by atoms with Crippen molar-refractivity contribution in [3.8, 4) is 22.8 Å². The maximum atomic E-state index is 13.3. The quantitative estimate of drug-likeness (QED) is 0.314. The third-order valence-electron chi connectivity index (χ3n) is 8.54. The number of carbonyl (C=O) groups is 1. The molecule has 2 aliphatic heterocycles. The smallest absolute Gasteiger partial charge is 0.488 e. The molecule has 1 N–H and O–H groups in total. The fraction of sp³-hybridized carbons (Fsp3) is 0.484. The third kappa shape index (κ3) is 6.91. The molecule has 3 fully saturated rings. The second-order valence-corrected chi connectivity index (χ2v) is 12.4. The molecule has 1 saturated carbocycles. The first-order valence-electron chi connectivity index (χ1n) is 14.5. The number of aromatic nitrogens is 1. The van der Waals surface area contributed by atoms with Crippen LogP contribution in [0.25, 0.3) is 11.3 Å². The standard InChI is InChI=1S/C31H34F3N3O5S/c1-19-2-7-26(24(12-19)25-18-43-30(35-25)37-15-21-5-6-22(16-37)28(21)29(38)39)41-17-23-4-3-20(13-27(23)42-31(32,33)34)14-36-8-10-40-11-9-36/h2-4,7,12-13,18,21-22,28H,5-6,8-11,14-17H2,1H3,(H,38,39).